The Labute approximate surface area is 105 Å². The molecule has 0 aromatic carbocycles. The molecule has 0 amide bonds. The molecular formula is C12H15NO5. The average molecular weight is 253 g/mol. The van der Waals surface area contributed by atoms with Crippen molar-refractivity contribution in [2.75, 3.05) is 14.2 Å². The summed E-state index contributed by atoms with van der Waals surface area (Å²) in [6.07, 6.45) is 1.69. The van der Waals surface area contributed by atoms with Crippen molar-refractivity contribution in [1.29, 1.82) is 0 Å². The van der Waals surface area contributed by atoms with E-state index in [1.807, 2.05) is 0 Å². The predicted molar refractivity (Wildman–Crippen MR) is 61.5 cm³/mol. The Balaban J connectivity index is 2.80. The molecule has 0 bridgehead atoms. The van der Waals surface area contributed by atoms with Gasteiger partial charge in [-0.15, -0.1) is 0 Å². The van der Waals surface area contributed by atoms with Gasteiger partial charge in [0.15, 0.2) is 0 Å². The van der Waals surface area contributed by atoms with Gasteiger partial charge in [0.25, 0.3) is 5.60 Å². The number of ether oxygens (including phenoxy) is 2. The third-order valence-electron chi connectivity index (χ3n) is 2.52. The highest BCUT2D eigenvalue weighted by molar-refractivity contribution is 6.03. The lowest BCUT2D eigenvalue weighted by atomic mass is 9.96. The second-order valence-electron chi connectivity index (χ2n) is 3.66. The third kappa shape index (κ3) is 3.04. The molecule has 1 aromatic rings. The van der Waals surface area contributed by atoms with E-state index in [1.54, 1.807) is 24.4 Å². The third-order valence-corrected chi connectivity index (χ3v) is 2.52. The number of aromatic nitrogens is 1. The standard InChI is InChI=1S/C12H15NO5/c1-17-10(14)12(16,11(15)18-2)7-6-9-5-3-4-8-13-9/h3-5,8,16H,6-7H2,1-2H3. The number of rotatable bonds is 5. The van der Waals surface area contributed by atoms with Gasteiger partial charge < -0.3 is 14.6 Å². The molecule has 0 saturated heterocycles. The average Bonchev–Trinajstić information content (AvgIpc) is 2.43. The van der Waals surface area contributed by atoms with Gasteiger partial charge >= 0.3 is 11.9 Å². The number of carbonyl (C=O) groups excluding carboxylic acids is 2. The van der Waals surface area contributed by atoms with Crippen LogP contribution >= 0.6 is 0 Å². The number of hydrogen-bond donors (Lipinski definition) is 1. The summed E-state index contributed by atoms with van der Waals surface area (Å²) in [5.74, 6) is -2.07. The summed E-state index contributed by atoms with van der Waals surface area (Å²) in [6, 6.07) is 5.25. The van der Waals surface area contributed by atoms with Crippen LogP contribution in [-0.2, 0) is 25.5 Å². The van der Waals surface area contributed by atoms with Crippen molar-refractivity contribution in [2.24, 2.45) is 0 Å². The van der Waals surface area contributed by atoms with Crippen LogP contribution in [0.25, 0.3) is 0 Å². The fourth-order valence-corrected chi connectivity index (χ4v) is 1.48. The molecule has 6 nitrogen and oxygen atoms in total. The minimum Gasteiger partial charge on any atom is -0.466 e. The highest BCUT2D eigenvalue weighted by Gasteiger charge is 2.46. The first kappa shape index (κ1) is 14.1. The van der Waals surface area contributed by atoms with Crippen LogP contribution in [0.3, 0.4) is 0 Å². The monoisotopic (exact) mass is 253 g/mol. The van der Waals surface area contributed by atoms with Crippen molar-refractivity contribution in [2.45, 2.75) is 18.4 Å². The van der Waals surface area contributed by atoms with E-state index in [9.17, 15) is 14.7 Å². The molecule has 0 saturated carbocycles. The first-order chi connectivity index (χ1) is 8.54. The molecule has 0 unspecified atom stereocenters. The molecule has 98 valence electrons. The predicted octanol–water partition coefficient (Wildman–Crippen LogP) is 0.0913. The van der Waals surface area contributed by atoms with Crippen molar-refractivity contribution in [3.63, 3.8) is 0 Å². The van der Waals surface area contributed by atoms with E-state index in [2.05, 4.69) is 14.5 Å². The minimum atomic E-state index is -2.29. The van der Waals surface area contributed by atoms with Gasteiger partial charge in [0.05, 0.1) is 14.2 Å². The van der Waals surface area contributed by atoms with E-state index in [1.165, 1.54) is 0 Å². The van der Waals surface area contributed by atoms with Gasteiger partial charge in [-0.3, -0.25) is 4.98 Å². The maximum Gasteiger partial charge on any atom is 0.349 e. The smallest absolute Gasteiger partial charge is 0.349 e. The summed E-state index contributed by atoms with van der Waals surface area (Å²) in [4.78, 5) is 27.0. The van der Waals surface area contributed by atoms with Crippen LogP contribution in [0.2, 0.25) is 0 Å². The molecule has 0 fully saturated rings. The number of esters is 2. The highest BCUT2D eigenvalue weighted by atomic mass is 16.6. The normalized spacial score (nSPS) is 10.8. The van der Waals surface area contributed by atoms with Crippen LogP contribution in [0.4, 0.5) is 0 Å². The van der Waals surface area contributed by atoms with Crippen molar-refractivity contribution in [3.8, 4) is 0 Å². The number of pyridine rings is 1. The summed E-state index contributed by atoms with van der Waals surface area (Å²) in [5.41, 5.74) is -1.63. The Bertz CT molecular complexity index is 402. The largest absolute Gasteiger partial charge is 0.466 e. The molecule has 1 aromatic heterocycles. The molecular weight excluding hydrogens is 238 g/mol. The Kier molecular flexibility index (Phi) is 4.79. The van der Waals surface area contributed by atoms with Crippen LogP contribution in [0.1, 0.15) is 12.1 Å². The highest BCUT2D eigenvalue weighted by Crippen LogP contribution is 2.17. The van der Waals surface area contributed by atoms with Crippen LogP contribution in [0, 0.1) is 0 Å². The van der Waals surface area contributed by atoms with E-state index < -0.39 is 17.5 Å². The Morgan fingerprint density at radius 3 is 2.33 bits per heavy atom. The van der Waals surface area contributed by atoms with Gasteiger partial charge in [0, 0.05) is 18.3 Å². The van der Waals surface area contributed by atoms with Crippen molar-refractivity contribution in [1.82, 2.24) is 4.98 Å². The molecule has 18 heavy (non-hydrogen) atoms. The fraction of sp³-hybridized carbons (Fsp3) is 0.417. The van der Waals surface area contributed by atoms with E-state index in [0.29, 0.717) is 5.69 Å². The zero-order valence-corrected chi connectivity index (χ0v) is 10.3. The number of carbonyl (C=O) groups is 2. The van der Waals surface area contributed by atoms with Gasteiger partial charge in [0.1, 0.15) is 0 Å². The second kappa shape index (κ2) is 6.11. The summed E-state index contributed by atoms with van der Waals surface area (Å²) in [5, 5.41) is 10.0. The number of hydrogen-bond acceptors (Lipinski definition) is 6. The molecule has 0 radical (unpaired) electrons. The molecule has 0 aliphatic carbocycles. The van der Waals surface area contributed by atoms with Crippen LogP contribution in [0.5, 0.6) is 0 Å². The van der Waals surface area contributed by atoms with E-state index in [0.717, 1.165) is 14.2 Å². The lowest BCUT2D eigenvalue weighted by molar-refractivity contribution is -0.181. The maximum atomic E-state index is 11.5. The molecule has 0 aliphatic heterocycles. The quantitative estimate of drug-likeness (QED) is 0.591. The Morgan fingerprint density at radius 2 is 1.89 bits per heavy atom. The minimum absolute atomic E-state index is 0.149. The summed E-state index contributed by atoms with van der Waals surface area (Å²) in [6.45, 7) is 0. The zero-order chi connectivity index (χ0) is 13.6. The first-order valence-corrected chi connectivity index (χ1v) is 5.33. The Morgan fingerprint density at radius 1 is 1.28 bits per heavy atom. The van der Waals surface area contributed by atoms with Crippen LogP contribution < -0.4 is 0 Å². The molecule has 0 atom stereocenters. The first-order valence-electron chi connectivity index (χ1n) is 5.33. The summed E-state index contributed by atoms with van der Waals surface area (Å²) in [7, 11) is 2.19. The zero-order valence-electron chi connectivity index (χ0n) is 10.3. The number of nitrogens with zero attached hydrogens (tertiary/aromatic N) is 1. The number of aliphatic hydroxyl groups is 1. The lowest BCUT2D eigenvalue weighted by Crippen LogP contribution is -2.48. The van der Waals surface area contributed by atoms with Gasteiger partial charge in [-0.2, -0.15) is 0 Å². The lowest BCUT2D eigenvalue weighted by Gasteiger charge is -2.21. The van der Waals surface area contributed by atoms with E-state index in [4.69, 9.17) is 0 Å². The maximum absolute atomic E-state index is 11.5. The number of aryl methyl sites for hydroxylation is 1. The van der Waals surface area contributed by atoms with Crippen LogP contribution in [0.15, 0.2) is 24.4 Å². The van der Waals surface area contributed by atoms with Crippen molar-refractivity contribution >= 4 is 11.9 Å². The van der Waals surface area contributed by atoms with Crippen molar-refractivity contribution < 1.29 is 24.2 Å². The van der Waals surface area contributed by atoms with Gasteiger partial charge in [-0.05, 0) is 18.6 Å². The molecule has 6 heteroatoms. The van der Waals surface area contributed by atoms with Crippen molar-refractivity contribution in [3.05, 3.63) is 30.1 Å². The topological polar surface area (TPSA) is 85.7 Å². The van der Waals surface area contributed by atoms with Gasteiger partial charge in [-0.1, -0.05) is 6.07 Å². The Hall–Kier alpha value is -1.95. The molecule has 0 aliphatic rings. The summed E-state index contributed by atoms with van der Waals surface area (Å²) >= 11 is 0. The SMILES string of the molecule is COC(=O)C(O)(CCc1ccccn1)C(=O)OC. The van der Waals surface area contributed by atoms with E-state index >= 15 is 0 Å². The van der Waals surface area contributed by atoms with Crippen LogP contribution in [-0.4, -0.2) is 41.8 Å². The molecule has 0 spiro atoms. The van der Waals surface area contributed by atoms with Gasteiger partial charge in [-0.25, -0.2) is 9.59 Å². The van der Waals surface area contributed by atoms with E-state index in [-0.39, 0.29) is 12.8 Å². The molecule has 1 rings (SSSR count). The molecule has 1 heterocycles. The second-order valence-corrected chi connectivity index (χ2v) is 3.66. The fourth-order valence-electron chi connectivity index (χ4n) is 1.48. The molecule has 1 N–H and O–H groups in total. The summed E-state index contributed by atoms with van der Waals surface area (Å²) < 4.78 is 8.83. The number of methoxy groups -OCH3 is 2. The van der Waals surface area contributed by atoms with Gasteiger partial charge in [0.2, 0.25) is 0 Å².